The van der Waals surface area contributed by atoms with E-state index < -0.39 is 0 Å². The van der Waals surface area contributed by atoms with Gasteiger partial charge in [-0.15, -0.1) is 24.8 Å². The molecular weight excluding hydrogens is 401 g/mol. The molecule has 7 heteroatoms. The fourth-order valence-corrected chi connectivity index (χ4v) is 2.95. The van der Waals surface area contributed by atoms with E-state index in [1.807, 2.05) is 17.0 Å². The Kier molecular flexibility index (Phi) is 7.85. The Morgan fingerprint density at radius 3 is 2.96 bits per heavy atom. The number of halogens is 3. The number of aryl methyl sites for hydroxylation is 1. The van der Waals surface area contributed by atoms with E-state index in [1.54, 1.807) is 0 Å². The highest BCUT2D eigenvalue weighted by Crippen LogP contribution is 2.24. The van der Waals surface area contributed by atoms with Gasteiger partial charge in [0.05, 0.1) is 36.1 Å². The van der Waals surface area contributed by atoms with Gasteiger partial charge in [-0.3, -0.25) is 0 Å². The van der Waals surface area contributed by atoms with Gasteiger partial charge >= 0.3 is 0 Å². The SMILES string of the molecule is Cc1c(Br)ccc2c1ncn2CC#CC1NCCCC1O.Cl.Cl. The van der Waals surface area contributed by atoms with Crippen LogP contribution in [-0.2, 0) is 6.54 Å². The third-order valence-electron chi connectivity index (χ3n) is 3.91. The predicted molar refractivity (Wildman–Crippen MR) is 101 cm³/mol. The number of imidazole rings is 1. The molecule has 2 atom stereocenters. The minimum Gasteiger partial charge on any atom is -0.390 e. The lowest BCUT2D eigenvalue weighted by molar-refractivity contribution is 0.118. The van der Waals surface area contributed by atoms with Gasteiger partial charge in [0.1, 0.15) is 0 Å². The molecule has 2 aromatic rings. The zero-order valence-corrected chi connectivity index (χ0v) is 16.0. The maximum absolute atomic E-state index is 9.88. The van der Waals surface area contributed by atoms with E-state index in [-0.39, 0.29) is 37.0 Å². The average molecular weight is 421 g/mol. The van der Waals surface area contributed by atoms with Gasteiger partial charge in [0.15, 0.2) is 0 Å². The quantitative estimate of drug-likeness (QED) is 0.697. The average Bonchev–Trinajstić information content (AvgIpc) is 2.89. The van der Waals surface area contributed by atoms with Crippen LogP contribution in [0.2, 0.25) is 0 Å². The lowest BCUT2D eigenvalue weighted by Crippen LogP contribution is -2.43. The first-order valence-electron chi connectivity index (χ1n) is 7.16. The number of aliphatic hydroxyl groups is 1. The highest BCUT2D eigenvalue weighted by molar-refractivity contribution is 9.10. The minimum atomic E-state index is -0.357. The van der Waals surface area contributed by atoms with Crippen molar-refractivity contribution in [1.82, 2.24) is 14.9 Å². The lowest BCUT2D eigenvalue weighted by Gasteiger charge is -2.24. The van der Waals surface area contributed by atoms with Crippen LogP contribution in [0.4, 0.5) is 0 Å². The molecule has 1 aromatic carbocycles. The molecule has 0 amide bonds. The van der Waals surface area contributed by atoms with Crippen LogP contribution < -0.4 is 5.32 Å². The van der Waals surface area contributed by atoms with Crippen LogP contribution in [0.15, 0.2) is 22.9 Å². The van der Waals surface area contributed by atoms with Gasteiger partial charge in [-0.2, -0.15) is 0 Å². The molecule has 0 spiro atoms. The molecule has 1 aliphatic rings. The third-order valence-corrected chi connectivity index (χ3v) is 4.77. The molecule has 1 aromatic heterocycles. The lowest BCUT2D eigenvalue weighted by atomic mass is 10.0. The van der Waals surface area contributed by atoms with Gasteiger partial charge in [-0.05, 0) is 44.0 Å². The summed E-state index contributed by atoms with van der Waals surface area (Å²) in [6, 6.07) is 3.98. The van der Waals surface area contributed by atoms with E-state index in [4.69, 9.17) is 0 Å². The summed E-state index contributed by atoms with van der Waals surface area (Å²) in [5, 5.41) is 13.1. The molecule has 2 heterocycles. The summed E-state index contributed by atoms with van der Waals surface area (Å²) in [5.74, 6) is 6.28. The fraction of sp³-hybridized carbons (Fsp3) is 0.438. The zero-order chi connectivity index (χ0) is 14.8. The molecule has 4 nitrogen and oxygen atoms in total. The Morgan fingerprint density at radius 2 is 2.22 bits per heavy atom. The molecule has 23 heavy (non-hydrogen) atoms. The van der Waals surface area contributed by atoms with Gasteiger partial charge < -0.3 is 15.0 Å². The first kappa shape index (κ1) is 20.3. The Labute approximate surface area is 157 Å². The smallest absolute Gasteiger partial charge is 0.0967 e. The molecule has 1 fully saturated rings. The Morgan fingerprint density at radius 1 is 1.43 bits per heavy atom. The fourth-order valence-electron chi connectivity index (χ4n) is 2.63. The van der Waals surface area contributed by atoms with Crippen molar-refractivity contribution in [3.8, 4) is 11.8 Å². The van der Waals surface area contributed by atoms with Crippen molar-refractivity contribution in [1.29, 1.82) is 0 Å². The molecule has 0 aliphatic carbocycles. The number of nitrogens with one attached hydrogen (secondary N) is 1. The summed E-state index contributed by atoms with van der Waals surface area (Å²) < 4.78 is 3.11. The number of hydrogen-bond acceptors (Lipinski definition) is 3. The monoisotopic (exact) mass is 419 g/mol. The second-order valence-electron chi connectivity index (χ2n) is 5.38. The number of hydrogen-bond donors (Lipinski definition) is 2. The Bertz CT molecular complexity index is 723. The van der Waals surface area contributed by atoms with Crippen LogP contribution in [0.25, 0.3) is 11.0 Å². The van der Waals surface area contributed by atoms with E-state index in [0.717, 1.165) is 40.5 Å². The van der Waals surface area contributed by atoms with Gasteiger partial charge in [-0.25, -0.2) is 4.98 Å². The number of benzene rings is 1. The van der Waals surface area contributed by atoms with Crippen molar-refractivity contribution >= 4 is 51.8 Å². The minimum absolute atomic E-state index is 0. The molecule has 1 aliphatic heterocycles. The summed E-state index contributed by atoms with van der Waals surface area (Å²) in [7, 11) is 0. The van der Waals surface area contributed by atoms with Crippen LogP contribution in [0, 0.1) is 18.8 Å². The van der Waals surface area contributed by atoms with Crippen LogP contribution in [0.1, 0.15) is 18.4 Å². The van der Waals surface area contributed by atoms with Crippen molar-refractivity contribution < 1.29 is 5.11 Å². The largest absolute Gasteiger partial charge is 0.390 e. The van der Waals surface area contributed by atoms with Crippen molar-refractivity contribution in [2.75, 3.05) is 6.54 Å². The molecule has 0 saturated carbocycles. The van der Waals surface area contributed by atoms with Crippen molar-refractivity contribution in [2.45, 2.75) is 38.5 Å². The van der Waals surface area contributed by atoms with Gasteiger partial charge in [0, 0.05) is 4.47 Å². The van der Waals surface area contributed by atoms with Gasteiger partial charge in [0.25, 0.3) is 0 Å². The van der Waals surface area contributed by atoms with Gasteiger partial charge in [0.2, 0.25) is 0 Å². The molecular formula is C16H20BrCl2N3O. The van der Waals surface area contributed by atoms with Gasteiger partial charge in [-0.1, -0.05) is 27.8 Å². The normalized spacial score (nSPS) is 20.1. The summed E-state index contributed by atoms with van der Waals surface area (Å²) in [4.78, 5) is 4.46. The zero-order valence-electron chi connectivity index (χ0n) is 12.8. The first-order chi connectivity index (χ1) is 10.2. The Balaban J connectivity index is 0.00000132. The molecule has 2 unspecified atom stereocenters. The summed E-state index contributed by atoms with van der Waals surface area (Å²) in [6.07, 6.45) is 3.31. The number of fused-ring (bicyclic) bond motifs is 1. The molecule has 0 bridgehead atoms. The second kappa shape index (κ2) is 8.91. The first-order valence-corrected chi connectivity index (χ1v) is 7.96. The number of aliphatic hydroxyl groups excluding tert-OH is 1. The van der Waals surface area contributed by atoms with Crippen LogP contribution >= 0.6 is 40.7 Å². The Hall–Kier alpha value is -0.770. The number of rotatable bonds is 1. The topological polar surface area (TPSA) is 50.1 Å². The van der Waals surface area contributed by atoms with E-state index in [9.17, 15) is 5.11 Å². The summed E-state index contributed by atoms with van der Waals surface area (Å²) >= 11 is 3.52. The van der Waals surface area contributed by atoms with E-state index in [2.05, 4.69) is 51.1 Å². The van der Waals surface area contributed by atoms with Crippen LogP contribution in [0.3, 0.4) is 0 Å². The molecule has 0 radical (unpaired) electrons. The van der Waals surface area contributed by atoms with Crippen molar-refractivity contribution in [2.24, 2.45) is 0 Å². The van der Waals surface area contributed by atoms with Crippen LogP contribution in [-0.4, -0.2) is 33.3 Å². The molecule has 3 rings (SSSR count). The highest BCUT2D eigenvalue weighted by Gasteiger charge is 2.19. The highest BCUT2D eigenvalue weighted by atomic mass is 79.9. The van der Waals surface area contributed by atoms with Crippen molar-refractivity contribution in [3.05, 3.63) is 28.5 Å². The van der Waals surface area contributed by atoms with E-state index >= 15 is 0 Å². The molecule has 126 valence electrons. The maximum atomic E-state index is 9.88. The molecule has 2 N–H and O–H groups in total. The third kappa shape index (κ3) is 4.40. The molecule has 1 saturated heterocycles. The number of piperidine rings is 1. The number of aromatic nitrogens is 2. The van der Waals surface area contributed by atoms with E-state index in [1.165, 1.54) is 0 Å². The van der Waals surface area contributed by atoms with Crippen molar-refractivity contribution in [3.63, 3.8) is 0 Å². The predicted octanol–water partition coefficient (Wildman–Crippen LogP) is 3.07. The van der Waals surface area contributed by atoms with Crippen LogP contribution in [0.5, 0.6) is 0 Å². The number of nitrogens with zero attached hydrogens (tertiary/aromatic N) is 2. The van der Waals surface area contributed by atoms with E-state index in [0.29, 0.717) is 6.54 Å². The standard InChI is InChI=1S/C16H18BrN3O.2ClH/c1-11-12(17)6-7-14-16(11)19-10-20(14)9-3-4-13-15(21)5-2-8-18-13;;/h6-7,10,13,15,18,21H,2,5,8-9H2,1H3;2*1H. The summed E-state index contributed by atoms with van der Waals surface area (Å²) in [6.45, 7) is 3.57. The maximum Gasteiger partial charge on any atom is 0.0967 e. The summed E-state index contributed by atoms with van der Waals surface area (Å²) in [5.41, 5.74) is 3.23. The second-order valence-corrected chi connectivity index (χ2v) is 6.23.